The molecular weight excluding hydrogens is 386 g/mol. The second kappa shape index (κ2) is 8.58. The molecule has 0 aliphatic rings. The molecule has 2 rings (SSSR count). The molecule has 0 heterocycles. The number of carbonyl (C=O) groups excluding carboxylic acids is 1. The molecule has 2 aromatic rings. The molecule has 0 aliphatic heterocycles. The number of ketones is 1. The zero-order valence-electron chi connectivity index (χ0n) is 14.3. The molecule has 0 fully saturated rings. The molecule has 6 heteroatoms. The van der Waals surface area contributed by atoms with Gasteiger partial charge in [-0.1, -0.05) is 6.07 Å². The molecule has 0 amide bonds. The van der Waals surface area contributed by atoms with Gasteiger partial charge in [-0.15, -0.1) is 0 Å². The lowest BCUT2D eigenvalue weighted by Crippen LogP contribution is -2.03. The lowest BCUT2D eigenvalue weighted by atomic mass is 10.1. The van der Waals surface area contributed by atoms with Crippen LogP contribution in [-0.2, 0) is 0 Å². The molecule has 0 radical (unpaired) electrons. The maximum atomic E-state index is 12.7. The summed E-state index contributed by atoms with van der Waals surface area (Å²) in [6, 6.07) is 10.4. The van der Waals surface area contributed by atoms with E-state index in [1.54, 1.807) is 43.5 Å². The van der Waals surface area contributed by atoms with E-state index in [4.69, 9.17) is 19.9 Å². The lowest BCUT2D eigenvalue weighted by molar-refractivity contribution is 0.104. The van der Waals surface area contributed by atoms with Gasteiger partial charge in [-0.25, -0.2) is 0 Å². The van der Waals surface area contributed by atoms with E-state index in [1.165, 1.54) is 7.11 Å². The van der Waals surface area contributed by atoms with Crippen molar-refractivity contribution in [1.29, 1.82) is 0 Å². The van der Waals surface area contributed by atoms with Gasteiger partial charge in [0.2, 0.25) is 5.78 Å². The summed E-state index contributed by atoms with van der Waals surface area (Å²) in [7, 11) is 3.06. The highest BCUT2D eigenvalue weighted by atomic mass is 79.9. The molecule has 0 bridgehead atoms. The monoisotopic (exact) mass is 405 g/mol. The second-order valence-corrected chi connectivity index (χ2v) is 5.97. The molecule has 2 N–H and O–H groups in total. The first-order valence-electron chi connectivity index (χ1n) is 7.66. The molecule has 25 heavy (non-hydrogen) atoms. The molecule has 0 atom stereocenters. The Morgan fingerprint density at radius 1 is 1.12 bits per heavy atom. The van der Waals surface area contributed by atoms with Crippen molar-refractivity contribution in [1.82, 2.24) is 0 Å². The minimum Gasteiger partial charge on any atom is -0.497 e. The molecule has 0 saturated carbocycles. The van der Waals surface area contributed by atoms with Gasteiger partial charge in [0.05, 0.1) is 36.6 Å². The molecular formula is C19H20BrNO4. The summed E-state index contributed by atoms with van der Waals surface area (Å²) in [6.45, 7) is 2.43. The molecule has 0 spiro atoms. The summed E-state index contributed by atoms with van der Waals surface area (Å²) in [4.78, 5) is 12.7. The zero-order chi connectivity index (χ0) is 18.4. The van der Waals surface area contributed by atoms with Gasteiger partial charge in [0, 0.05) is 0 Å². The Morgan fingerprint density at radius 2 is 1.84 bits per heavy atom. The molecule has 132 valence electrons. The average Bonchev–Trinajstić information content (AvgIpc) is 2.62. The highest BCUT2D eigenvalue weighted by Crippen LogP contribution is 2.30. The number of carbonyl (C=O) groups is 1. The molecule has 5 nitrogen and oxygen atoms in total. The predicted molar refractivity (Wildman–Crippen MR) is 103 cm³/mol. The van der Waals surface area contributed by atoms with Gasteiger partial charge in [-0.05, 0) is 64.8 Å². The topological polar surface area (TPSA) is 70.8 Å². The highest BCUT2D eigenvalue weighted by Gasteiger charge is 2.16. The zero-order valence-corrected chi connectivity index (χ0v) is 15.9. The van der Waals surface area contributed by atoms with E-state index in [-0.39, 0.29) is 5.78 Å². The molecule has 0 aliphatic carbocycles. The van der Waals surface area contributed by atoms with Crippen molar-refractivity contribution in [2.45, 2.75) is 6.92 Å². The van der Waals surface area contributed by atoms with Crippen molar-refractivity contribution in [2.24, 2.45) is 0 Å². The van der Waals surface area contributed by atoms with Gasteiger partial charge < -0.3 is 19.9 Å². The van der Waals surface area contributed by atoms with Crippen LogP contribution in [0.3, 0.4) is 0 Å². The molecule has 2 aromatic carbocycles. The summed E-state index contributed by atoms with van der Waals surface area (Å²) in [5.41, 5.74) is 7.67. The first-order chi connectivity index (χ1) is 12.0. The van der Waals surface area contributed by atoms with Crippen molar-refractivity contribution in [2.75, 3.05) is 26.6 Å². The van der Waals surface area contributed by atoms with E-state index in [0.717, 1.165) is 5.56 Å². The summed E-state index contributed by atoms with van der Waals surface area (Å²) in [5.74, 6) is 1.46. The number of Topliss-reactive ketones (excluding diaryl/α,β-unsaturated/α-hetero) is 1. The Balaban J connectivity index is 2.33. The smallest absolute Gasteiger partial charge is 0.203 e. The normalized spacial score (nSPS) is 11.1. The van der Waals surface area contributed by atoms with Crippen molar-refractivity contribution in [3.05, 3.63) is 52.0 Å². The fraction of sp³-hybridized carbons (Fsp3) is 0.211. The van der Waals surface area contributed by atoms with E-state index in [2.05, 4.69) is 15.9 Å². The quantitative estimate of drug-likeness (QED) is 0.422. The number of allylic oxidation sites excluding steroid dienone is 1. The van der Waals surface area contributed by atoms with Crippen LogP contribution in [0.25, 0.3) is 6.08 Å². The van der Waals surface area contributed by atoms with Gasteiger partial charge in [0.25, 0.3) is 0 Å². The van der Waals surface area contributed by atoms with Crippen LogP contribution >= 0.6 is 15.9 Å². The third-order valence-corrected chi connectivity index (χ3v) is 4.08. The standard InChI is InChI=1S/C19H20BrNO4/c1-4-25-18-7-5-12(10-16(18)21)9-15(20)19(22)14-11-13(23-2)6-8-17(14)24-3/h5-11H,4,21H2,1-3H3. The van der Waals surface area contributed by atoms with Gasteiger partial charge in [0.1, 0.15) is 17.2 Å². The third kappa shape index (κ3) is 4.54. The van der Waals surface area contributed by atoms with Gasteiger partial charge in [-0.3, -0.25) is 4.79 Å². The van der Waals surface area contributed by atoms with E-state index < -0.39 is 0 Å². The van der Waals surface area contributed by atoms with Crippen molar-refractivity contribution < 1.29 is 19.0 Å². The predicted octanol–water partition coefficient (Wildman–Crippen LogP) is 4.30. The first kappa shape index (κ1) is 18.9. The maximum Gasteiger partial charge on any atom is 0.203 e. The van der Waals surface area contributed by atoms with E-state index in [9.17, 15) is 4.79 Å². The number of nitrogen functional groups attached to an aromatic ring is 1. The number of hydrogen-bond acceptors (Lipinski definition) is 5. The number of rotatable bonds is 7. The minimum absolute atomic E-state index is 0.219. The fourth-order valence-corrected chi connectivity index (χ4v) is 2.75. The van der Waals surface area contributed by atoms with Crippen LogP contribution in [0.15, 0.2) is 40.9 Å². The van der Waals surface area contributed by atoms with Gasteiger partial charge >= 0.3 is 0 Å². The molecule has 0 unspecified atom stereocenters. The number of hydrogen-bond donors (Lipinski definition) is 1. The fourth-order valence-electron chi connectivity index (χ4n) is 2.28. The number of ether oxygens (including phenoxy) is 3. The number of nitrogens with two attached hydrogens (primary N) is 1. The highest BCUT2D eigenvalue weighted by molar-refractivity contribution is 9.12. The van der Waals surface area contributed by atoms with E-state index >= 15 is 0 Å². The summed E-state index contributed by atoms with van der Waals surface area (Å²) in [6.07, 6.45) is 1.70. The summed E-state index contributed by atoms with van der Waals surface area (Å²) < 4.78 is 16.2. The molecule has 0 aromatic heterocycles. The number of anilines is 1. The van der Waals surface area contributed by atoms with E-state index in [0.29, 0.717) is 39.6 Å². The van der Waals surface area contributed by atoms with Crippen molar-refractivity contribution in [3.63, 3.8) is 0 Å². The average molecular weight is 406 g/mol. The lowest BCUT2D eigenvalue weighted by Gasteiger charge is -2.10. The Hall–Kier alpha value is -2.47. The van der Waals surface area contributed by atoms with E-state index in [1.807, 2.05) is 13.0 Å². The second-order valence-electron chi connectivity index (χ2n) is 5.12. The number of methoxy groups -OCH3 is 2. The van der Waals surface area contributed by atoms with Gasteiger partial charge in [-0.2, -0.15) is 0 Å². The van der Waals surface area contributed by atoms with Crippen LogP contribution in [0, 0.1) is 0 Å². The van der Waals surface area contributed by atoms with Crippen molar-refractivity contribution >= 4 is 33.5 Å². The Kier molecular flexibility index (Phi) is 6.47. The third-order valence-electron chi connectivity index (χ3n) is 3.50. The summed E-state index contributed by atoms with van der Waals surface area (Å²) >= 11 is 3.34. The number of benzene rings is 2. The largest absolute Gasteiger partial charge is 0.497 e. The number of halogens is 1. The summed E-state index contributed by atoms with van der Waals surface area (Å²) in [5, 5.41) is 0. The Morgan fingerprint density at radius 3 is 2.44 bits per heavy atom. The first-order valence-corrected chi connectivity index (χ1v) is 8.45. The van der Waals surface area contributed by atoms with Gasteiger partial charge in [0.15, 0.2) is 0 Å². The maximum absolute atomic E-state index is 12.7. The minimum atomic E-state index is -0.219. The Labute approximate surface area is 155 Å². The van der Waals surface area contributed by atoms with Crippen LogP contribution in [-0.4, -0.2) is 26.6 Å². The van der Waals surface area contributed by atoms with Crippen LogP contribution < -0.4 is 19.9 Å². The van der Waals surface area contributed by atoms with Crippen LogP contribution in [0.5, 0.6) is 17.2 Å². The Bertz CT molecular complexity index is 802. The van der Waals surface area contributed by atoms with Crippen LogP contribution in [0.4, 0.5) is 5.69 Å². The van der Waals surface area contributed by atoms with Crippen molar-refractivity contribution in [3.8, 4) is 17.2 Å². The SMILES string of the molecule is CCOc1ccc(C=C(Br)C(=O)c2cc(OC)ccc2OC)cc1N. The molecule has 0 saturated heterocycles. The van der Waals surface area contributed by atoms with Crippen LogP contribution in [0.1, 0.15) is 22.8 Å². The van der Waals surface area contributed by atoms with Crippen LogP contribution in [0.2, 0.25) is 0 Å².